The van der Waals surface area contributed by atoms with Crippen LogP contribution in [0.3, 0.4) is 0 Å². The van der Waals surface area contributed by atoms with Crippen molar-refractivity contribution in [1.82, 2.24) is 9.80 Å². The zero-order chi connectivity index (χ0) is 22.6. The van der Waals surface area contributed by atoms with Gasteiger partial charge in [0.2, 0.25) is 5.91 Å². The predicted octanol–water partition coefficient (Wildman–Crippen LogP) is 1.77. The van der Waals surface area contributed by atoms with E-state index in [4.69, 9.17) is 9.39 Å². The Balaban J connectivity index is 1.20. The van der Waals surface area contributed by atoms with Gasteiger partial charge in [0.15, 0.2) is 0 Å². The number of fused-ring (bicyclic) bond motifs is 3. The molecule has 32 heavy (non-hydrogen) atoms. The third-order valence-electron chi connectivity index (χ3n) is 7.19. The van der Waals surface area contributed by atoms with E-state index < -0.39 is 13.1 Å². The topological polar surface area (TPSA) is 99.5 Å². The highest BCUT2D eigenvalue weighted by Crippen LogP contribution is 2.60. The van der Waals surface area contributed by atoms with Crippen molar-refractivity contribution in [2.75, 3.05) is 39.8 Å². The van der Waals surface area contributed by atoms with Crippen LogP contribution in [0.2, 0.25) is 5.82 Å². The molecule has 2 N–H and O–H groups in total. The fraction of sp³-hybridized carbons (Fsp3) is 0.636. The number of carboxylic acids is 1. The van der Waals surface area contributed by atoms with Crippen molar-refractivity contribution >= 4 is 30.8 Å². The maximum atomic E-state index is 12.6. The summed E-state index contributed by atoms with van der Waals surface area (Å²) in [5.74, 6) is -0.00695. The third-order valence-corrected chi connectivity index (χ3v) is 8.54. The molecule has 3 fully saturated rings. The van der Waals surface area contributed by atoms with Crippen molar-refractivity contribution in [2.45, 2.75) is 47.7 Å². The monoisotopic (exact) mass is 460 g/mol. The summed E-state index contributed by atoms with van der Waals surface area (Å²) in [4.78, 5) is 29.4. The second-order valence-electron chi connectivity index (χ2n) is 9.52. The van der Waals surface area contributed by atoms with Crippen molar-refractivity contribution in [3.05, 3.63) is 23.3 Å². The largest absolute Gasteiger partial charge is 0.535 e. The molecule has 172 valence electrons. The first-order chi connectivity index (χ1) is 15.3. The normalized spacial score (nSPS) is 28.3. The fourth-order valence-electron chi connectivity index (χ4n) is 5.02. The van der Waals surface area contributed by atoms with Crippen LogP contribution in [0.1, 0.15) is 41.6 Å². The fourth-order valence-corrected chi connectivity index (χ4v) is 6.23. The molecular formula is C22H29BN2O6S. The van der Waals surface area contributed by atoms with Crippen LogP contribution in [0.4, 0.5) is 0 Å². The summed E-state index contributed by atoms with van der Waals surface area (Å²) in [5, 5.41) is 20.1. The second-order valence-corrected chi connectivity index (χ2v) is 10.9. The van der Waals surface area contributed by atoms with E-state index >= 15 is 0 Å². The van der Waals surface area contributed by atoms with Crippen LogP contribution in [-0.4, -0.2) is 90.1 Å². The van der Waals surface area contributed by atoms with Gasteiger partial charge in [0.25, 0.3) is 0 Å². The third kappa shape index (κ3) is 4.13. The second kappa shape index (κ2) is 8.55. The van der Waals surface area contributed by atoms with Crippen LogP contribution in [-0.2, 0) is 9.53 Å². The van der Waals surface area contributed by atoms with E-state index in [2.05, 4.69) is 11.8 Å². The number of ether oxygens (including phenoxy) is 1. The number of thioether (sulfide) groups is 1. The molecule has 1 aliphatic carbocycles. The van der Waals surface area contributed by atoms with Crippen LogP contribution >= 0.6 is 11.8 Å². The van der Waals surface area contributed by atoms with Gasteiger partial charge < -0.3 is 29.3 Å². The summed E-state index contributed by atoms with van der Waals surface area (Å²) < 4.78 is 11.3. The first-order valence-electron chi connectivity index (χ1n) is 11.3. The van der Waals surface area contributed by atoms with E-state index in [0.29, 0.717) is 42.7 Å². The molecule has 0 aromatic heterocycles. The van der Waals surface area contributed by atoms with E-state index in [1.807, 2.05) is 24.1 Å². The van der Waals surface area contributed by atoms with E-state index in [9.17, 15) is 19.7 Å². The van der Waals surface area contributed by atoms with Gasteiger partial charge in [-0.25, -0.2) is 4.79 Å². The summed E-state index contributed by atoms with van der Waals surface area (Å²) in [6.45, 7) is 5.79. The lowest BCUT2D eigenvalue weighted by Crippen LogP contribution is -2.54. The first kappa shape index (κ1) is 22.1. The average molecular weight is 460 g/mol. The van der Waals surface area contributed by atoms with Crippen molar-refractivity contribution in [2.24, 2.45) is 5.92 Å². The Morgan fingerprint density at radius 1 is 1.31 bits per heavy atom. The molecule has 4 aliphatic rings. The summed E-state index contributed by atoms with van der Waals surface area (Å²) in [7, 11) is 1.11. The lowest BCUT2D eigenvalue weighted by atomic mass is 9.77. The molecule has 1 amide bonds. The van der Waals surface area contributed by atoms with Gasteiger partial charge in [-0.1, -0.05) is 13.0 Å². The van der Waals surface area contributed by atoms with Gasteiger partial charge in [-0.05, 0) is 31.0 Å². The maximum absolute atomic E-state index is 12.6. The van der Waals surface area contributed by atoms with Crippen LogP contribution in [0.15, 0.2) is 17.0 Å². The molecule has 1 aromatic rings. The molecule has 5 rings (SSSR count). The number of hydrogen-bond donors (Lipinski definition) is 2. The smallest absolute Gasteiger partial charge is 0.526 e. The molecule has 10 heteroatoms. The van der Waals surface area contributed by atoms with Gasteiger partial charge in [0, 0.05) is 48.1 Å². The number of rotatable bonds is 6. The number of carboxylic acid groups (broad SMARTS) is 1. The Hall–Kier alpha value is -1.75. The standard InChI is InChI=1S/C22H29BN2O6S/c1-12(13-9-25(10-13)19(26)7-14-11-24(2)5-6-30-14)32-18-4-3-15-16-8-17(16)23(29)31-21(15)20(18)22(27)28/h3-4,12-14,16-17,29H,5-11H2,1-2H3,(H,27,28). The number of hydrogen-bond acceptors (Lipinski definition) is 7. The number of amides is 1. The molecule has 1 aromatic carbocycles. The van der Waals surface area contributed by atoms with Gasteiger partial charge in [-0.3, -0.25) is 4.79 Å². The lowest BCUT2D eigenvalue weighted by Gasteiger charge is -2.43. The number of benzene rings is 1. The number of carbonyl (C=O) groups is 2. The van der Waals surface area contributed by atoms with E-state index in [-0.39, 0.29) is 34.6 Å². The molecule has 4 unspecified atom stereocenters. The molecule has 8 nitrogen and oxygen atoms in total. The van der Waals surface area contributed by atoms with E-state index in [0.717, 1.165) is 25.1 Å². The number of likely N-dealkylation sites (N-methyl/N-ethyl adjacent to an activating group) is 1. The number of aromatic carboxylic acids is 1. The molecule has 2 saturated heterocycles. The first-order valence-corrected chi connectivity index (χ1v) is 12.2. The SMILES string of the molecule is CC(Sc1ccc2c(c1C(=O)O)OB(O)C1CC21)C1CN(C(=O)CC2CN(C)CCO2)C1. The molecule has 0 radical (unpaired) electrons. The highest BCUT2D eigenvalue weighted by Gasteiger charge is 2.54. The highest BCUT2D eigenvalue weighted by molar-refractivity contribution is 8.00. The van der Waals surface area contributed by atoms with Crippen molar-refractivity contribution < 1.29 is 29.1 Å². The van der Waals surface area contributed by atoms with Gasteiger partial charge in [0.05, 0.1) is 19.1 Å². The molecule has 3 heterocycles. The Kier molecular flexibility index (Phi) is 5.90. The van der Waals surface area contributed by atoms with Crippen LogP contribution in [0.5, 0.6) is 5.75 Å². The molecule has 4 atom stereocenters. The van der Waals surface area contributed by atoms with E-state index in [1.165, 1.54) is 11.8 Å². The Morgan fingerprint density at radius 3 is 2.81 bits per heavy atom. The zero-order valence-electron chi connectivity index (χ0n) is 18.4. The van der Waals surface area contributed by atoms with Crippen LogP contribution in [0.25, 0.3) is 0 Å². The van der Waals surface area contributed by atoms with Crippen LogP contribution < -0.4 is 4.65 Å². The Labute approximate surface area is 192 Å². The van der Waals surface area contributed by atoms with Gasteiger partial charge in [-0.2, -0.15) is 0 Å². The number of nitrogens with zero attached hydrogens (tertiary/aromatic N) is 2. The predicted molar refractivity (Wildman–Crippen MR) is 120 cm³/mol. The summed E-state index contributed by atoms with van der Waals surface area (Å²) in [5.41, 5.74) is 1.04. The molecule has 0 bridgehead atoms. The minimum atomic E-state index is -1.04. The number of morpholine rings is 1. The minimum absolute atomic E-state index is 0.0397. The molecule has 1 saturated carbocycles. The summed E-state index contributed by atoms with van der Waals surface area (Å²) >= 11 is 1.51. The minimum Gasteiger partial charge on any atom is -0.535 e. The highest BCUT2D eigenvalue weighted by atomic mass is 32.2. The summed E-state index contributed by atoms with van der Waals surface area (Å²) in [6, 6.07) is 3.82. The van der Waals surface area contributed by atoms with Crippen LogP contribution in [0, 0.1) is 5.92 Å². The number of likely N-dealkylation sites (tertiary alicyclic amines) is 1. The van der Waals surface area contributed by atoms with Crippen molar-refractivity contribution in [3.63, 3.8) is 0 Å². The summed E-state index contributed by atoms with van der Waals surface area (Å²) in [6.07, 6.45) is 1.21. The Bertz CT molecular complexity index is 926. The lowest BCUT2D eigenvalue weighted by molar-refractivity contribution is -0.142. The van der Waals surface area contributed by atoms with Gasteiger partial charge in [0.1, 0.15) is 11.3 Å². The van der Waals surface area contributed by atoms with Crippen molar-refractivity contribution in [1.29, 1.82) is 0 Å². The number of carbonyl (C=O) groups excluding carboxylic acids is 1. The maximum Gasteiger partial charge on any atom is 0.526 e. The Morgan fingerprint density at radius 2 is 2.09 bits per heavy atom. The van der Waals surface area contributed by atoms with Gasteiger partial charge in [-0.15, -0.1) is 11.8 Å². The molecule has 3 aliphatic heterocycles. The quantitative estimate of drug-likeness (QED) is 0.490. The van der Waals surface area contributed by atoms with E-state index in [1.54, 1.807) is 0 Å². The average Bonchev–Trinajstić information content (AvgIpc) is 3.48. The molecule has 0 spiro atoms. The van der Waals surface area contributed by atoms with Crippen molar-refractivity contribution in [3.8, 4) is 5.75 Å². The molecular weight excluding hydrogens is 431 g/mol. The van der Waals surface area contributed by atoms with Gasteiger partial charge >= 0.3 is 13.1 Å². The zero-order valence-corrected chi connectivity index (χ0v) is 19.2.